The molecule has 0 aliphatic carbocycles. The lowest BCUT2D eigenvalue weighted by Crippen LogP contribution is -2.39. The Labute approximate surface area is 168 Å². The van der Waals surface area contributed by atoms with Crippen molar-refractivity contribution in [3.05, 3.63) is 41.3 Å². The number of nitrogens with one attached hydrogen (secondary N) is 2. The molecule has 0 aromatic carbocycles. The van der Waals surface area contributed by atoms with Crippen molar-refractivity contribution >= 4 is 5.96 Å². The molecule has 0 spiro atoms. The van der Waals surface area contributed by atoms with Gasteiger partial charge in [0.15, 0.2) is 5.96 Å². The number of halogens is 3. The van der Waals surface area contributed by atoms with Gasteiger partial charge in [-0.2, -0.15) is 18.3 Å². The Balaban J connectivity index is 1.72. The van der Waals surface area contributed by atoms with E-state index in [4.69, 9.17) is 4.74 Å². The summed E-state index contributed by atoms with van der Waals surface area (Å²) in [4.78, 5) is 8.18. The van der Waals surface area contributed by atoms with Gasteiger partial charge in [-0.25, -0.2) is 4.98 Å². The Kier molecular flexibility index (Phi) is 8.29. The molecule has 0 saturated heterocycles. The number of hydrogen-bond donors (Lipinski definition) is 2. The molecule has 2 aromatic heterocycles. The summed E-state index contributed by atoms with van der Waals surface area (Å²) in [6, 6.07) is 4.20. The molecular weight excluding hydrogens is 385 g/mol. The second kappa shape index (κ2) is 10.7. The van der Waals surface area contributed by atoms with Crippen LogP contribution in [-0.4, -0.2) is 47.0 Å². The van der Waals surface area contributed by atoms with Crippen LogP contribution in [0.1, 0.15) is 30.3 Å². The molecule has 0 aliphatic rings. The van der Waals surface area contributed by atoms with Crippen LogP contribution < -0.4 is 15.4 Å². The third-order valence-corrected chi connectivity index (χ3v) is 3.95. The number of aryl methyl sites for hydroxylation is 3. The van der Waals surface area contributed by atoms with Crippen LogP contribution in [-0.2, 0) is 12.7 Å². The van der Waals surface area contributed by atoms with E-state index in [0.29, 0.717) is 25.6 Å². The molecule has 0 bridgehead atoms. The molecule has 29 heavy (non-hydrogen) atoms. The van der Waals surface area contributed by atoms with Gasteiger partial charge < -0.3 is 15.4 Å². The van der Waals surface area contributed by atoms with Gasteiger partial charge in [-0.15, -0.1) is 0 Å². The minimum absolute atomic E-state index is 0.145. The second-order valence-corrected chi connectivity index (χ2v) is 6.42. The summed E-state index contributed by atoms with van der Waals surface area (Å²) in [7, 11) is 0. The van der Waals surface area contributed by atoms with Crippen LogP contribution in [0, 0.1) is 13.8 Å². The zero-order valence-corrected chi connectivity index (χ0v) is 16.9. The van der Waals surface area contributed by atoms with Crippen molar-refractivity contribution in [1.29, 1.82) is 0 Å². The first-order valence-electron chi connectivity index (χ1n) is 9.49. The normalized spacial score (nSPS) is 12.1. The summed E-state index contributed by atoms with van der Waals surface area (Å²) in [5.74, 6) is 0.802. The van der Waals surface area contributed by atoms with Gasteiger partial charge in [-0.1, -0.05) is 0 Å². The summed E-state index contributed by atoms with van der Waals surface area (Å²) >= 11 is 0. The number of hydrogen-bond acceptors (Lipinski definition) is 4. The quantitative estimate of drug-likeness (QED) is 0.376. The van der Waals surface area contributed by atoms with Crippen LogP contribution in [0.4, 0.5) is 13.2 Å². The molecule has 0 atom stereocenters. The summed E-state index contributed by atoms with van der Waals surface area (Å²) in [5.41, 5.74) is 1.33. The third kappa shape index (κ3) is 7.63. The molecule has 2 N–H and O–H groups in total. The van der Waals surface area contributed by atoms with Crippen molar-refractivity contribution in [2.24, 2.45) is 4.99 Å². The summed E-state index contributed by atoms with van der Waals surface area (Å²) in [6.07, 6.45) is -2.79. The largest absolute Gasteiger partial charge is 0.476 e. The van der Waals surface area contributed by atoms with Crippen molar-refractivity contribution in [2.45, 2.75) is 39.9 Å². The summed E-state index contributed by atoms with van der Waals surface area (Å²) in [6.45, 7) is 8.79. The maximum absolute atomic E-state index is 12.5. The lowest BCUT2D eigenvalue weighted by Gasteiger charge is -2.12. The standard InChI is InChI=1S/C19H27F3N6O/c1-4-23-18(24-8-5-10-28-15(3)12-14(2)27-28)25-9-11-29-17-7-6-16(13-26-17)19(20,21)22/h6-7,12-13H,4-5,8-11H2,1-3H3,(H2,23,24,25). The summed E-state index contributed by atoms with van der Waals surface area (Å²) in [5, 5.41) is 10.7. The Morgan fingerprint density at radius 3 is 2.62 bits per heavy atom. The van der Waals surface area contributed by atoms with Crippen LogP contribution >= 0.6 is 0 Å². The molecule has 0 radical (unpaired) electrons. The Morgan fingerprint density at radius 2 is 2.03 bits per heavy atom. The van der Waals surface area contributed by atoms with Crippen molar-refractivity contribution < 1.29 is 17.9 Å². The molecular formula is C19H27F3N6O. The van der Waals surface area contributed by atoms with E-state index in [1.807, 2.05) is 31.5 Å². The fourth-order valence-corrected chi connectivity index (χ4v) is 2.61. The molecule has 2 heterocycles. The lowest BCUT2D eigenvalue weighted by atomic mass is 10.3. The predicted octanol–water partition coefficient (Wildman–Crippen LogP) is 2.94. The number of rotatable bonds is 9. The predicted molar refractivity (Wildman–Crippen MR) is 105 cm³/mol. The number of aromatic nitrogens is 3. The number of nitrogens with zero attached hydrogens (tertiary/aromatic N) is 4. The first kappa shape index (κ1) is 22.5. The first-order chi connectivity index (χ1) is 13.8. The van der Waals surface area contributed by atoms with Crippen LogP contribution in [0.3, 0.4) is 0 Å². The molecule has 7 nitrogen and oxygen atoms in total. The van der Waals surface area contributed by atoms with Gasteiger partial charge in [0, 0.05) is 37.6 Å². The smallest absolute Gasteiger partial charge is 0.417 e. The highest BCUT2D eigenvalue weighted by Gasteiger charge is 2.30. The molecule has 0 aliphatic heterocycles. The van der Waals surface area contributed by atoms with E-state index >= 15 is 0 Å². The van der Waals surface area contributed by atoms with E-state index in [-0.39, 0.29) is 12.5 Å². The van der Waals surface area contributed by atoms with E-state index in [1.54, 1.807) is 0 Å². The minimum atomic E-state index is -4.40. The molecule has 10 heteroatoms. The molecule has 160 valence electrons. The molecule has 2 rings (SSSR count). The Morgan fingerprint density at radius 1 is 1.24 bits per heavy atom. The van der Waals surface area contributed by atoms with E-state index < -0.39 is 11.7 Å². The maximum atomic E-state index is 12.5. The zero-order valence-electron chi connectivity index (χ0n) is 16.9. The molecule has 2 aromatic rings. The Hall–Kier alpha value is -2.78. The average Bonchev–Trinajstić information content (AvgIpc) is 2.99. The van der Waals surface area contributed by atoms with Crippen LogP contribution in [0.25, 0.3) is 0 Å². The first-order valence-corrected chi connectivity index (χ1v) is 9.49. The van der Waals surface area contributed by atoms with E-state index in [2.05, 4.69) is 25.7 Å². The maximum Gasteiger partial charge on any atom is 0.417 e. The van der Waals surface area contributed by atoms with Gasteiger partial charge in [-0.3, -0.25) is 9.67 Å². The second-order valence-electron chi connectivity index (χ2n) is 6.42. The topological polar surface area (TPSA) is 76.4 Å². The van der Waals surface area contributed by atoms with E-state index in [9.17, 15) is 13.2 Å². The van der Waals surface area contributed by atoms with Gasteiger partial charge in [0.05, 0.1) is 17.8 Å². The highest BCUT2D eigenvalue weighted by atomic mass is 19.4. The van der Waals surface area contributed by atoms with Crippen molar-refractivity contribution in [3.63, 3.8) is 0 Å². The molecule has 0 unspecified atom stereocenters. The number of pyridine rings is 1. The number of alkyl halides is 3. The fraction of sp³-hybridized carbons (Fsp3) is 0.526. The molecule has 0 fully saturated rings. The molecule has 0 saturated carbocycles. The van der Waals surface area contributed by atoms with Crippen molar-refractivity contribution in [1.82, 2.24) is 25.4 Å². The van der Waals surface area contributed by atoms with Gasteiger partial charge in [0.25, 0.3) is 0 Å². The average molecular weight is 412 g/mol. The number of ether oxygens (including phenoxy) is 1. The van der Waals surface area contributed by atoms with Crippen LogP contribution in [0.15, 0.2) is 29.4 Å². The van der Waals surface area contributed by atoms with E-state index in [0.717, 1.165) is 36.6 Å². The third-order valence-electron chi connectivity index (χ3n) is 3.95. The lowest BCUT2D eigenvalue weighted by molar-refractivity contribution is -0.137. The Bertz CT molecular complexity index is 786. The van der Waals surface area contributed by atoms with Gasteiger partial charge >= 0.3 is 6.18 Å². The highest BCUT2D eigenvalue weighted by Crippen LogP contribution is 2.29. The zero-order chi connectivity index (χ0) is 21.3. The van der Waals surface area contributed by atoms with Gasteiger partial charge in [-0.05, 0) is 39.3 Å². The monoisotopic (exact) mass is 412 g/mol. The van der Waals surface area contributed by atoms with Crippen molar-refractivity contribution in [2.75, 3.05) is 26.2 Å². The number of guanidine groups is 1. The molecule has 0 amide bonds. The summed E-state index contributed by atoms with van der Waals surface area (Å²) < 4.78 is 44.9. The van der Waals surface area contributed by atoms with Crippen molar-refractivity contribution in [3.8, 4) is 5.88 Å². The highest BCUT2D eigenvalue weighted by molar-refractivity contribution is 5.79. The fourth-order valence-electron chi connectivity index (χ4n) is 2.61. The number of aliphatic imine (C=N–C) groups is 1. The van der Waals surface area contributed by atoms with Crippen LogP contribution in [0.2, 0.25) is 0 Å². The van der Waals surface area contributed by atoms with Gasteiger partial charge in [0.2, 0.25) is 5.88 Å². The SMILES string of the molecule is CCNC(=NCCCn1nc(C)cc1C)NCCOc1ccc(C(F)(F)F)cn1. The minimum Gasteiger partial charge on any atom is -0.476 e. The van der Waals surface area contributed by atoms with Gasteiger partial charge in [0.1, 0.15) is 6.61 Å². The van der Waals surface area contributed by atoms with Crippen LogP contribution in [0.5, 0.6) is 5.88 Å². The van der Waals surface area contributed by atoms with E-state index in [1.165, 1.54) is 6.07 Å².